The Morgan fingerprint density at radius 2 is 1.88 bits per heavy atom. The zero-order valence-electron chi connectivity index (χ0n) is 8.57. The maximum atomic E-state index is 13.6. The van der Waals surface area contributed by atoms with Crippen LogP contribution >= 0.6 is 12.6 Å². The Hall–Kier alpha value is -1.24. The molecule has 0 aliphatic rings. The molecule has 0 spiro atoms. The molecule has 1 rings (SSSR count). The van der Waals surface area contributed by atoms with Crippen LogP contribution in [0.2, 0.25) is 0 Å². The highest BCUT2D eigenvalue weighted by Crippen LogP contribution is 2.35. The molecule has 0 saturated carbocycles. The van der Waals surface area contributed by atoms with Crippen molar-refractivity contribution in [1.82, 2.24) is 5.32 Å². The molecule has 17 heavy (non-hydrogen) atoms. The Morgan fingerprint density at radius 3 is 2.29 bits per heavy atom. The van der Waals surface area contributed by atoms with Gasteiger partial charge in [0.05, 0.1) is 5.70 Å². The van der Waals surface area contributed by atoms with Crippen molar-refractivity contribution in [1.29, 1.82) is 0 Å². The van der Waals surface area contributed by atoms with E-state index >= 15 is 0 Å². The van der Waals surface area contributed by atoms with Crippen LogP contribution in [-0.4, -0.2) is 7.05 Å². The summed E-state index contributed by atoms with van der Waals surface area (Å²) in [6.45, 7) is 0. The molecule has 1 nitrogen and oxygen atoms in total. The van der Waals surface area contributed by atoms with Crippen LogP contribution in [0.15, 0.2) is 17.5 Å². The Balaban J connectivity index is 3.49. The zero-order chi connectivity index (χ0) is 13.2. The molecule has 0 unspecified atom stereocenters. The van der Waals surface area contributed by atoms with E-state index in [0.29, 0.717) is 6.07 Å². The summed E-state index contributed by atoms with van der Waals surface area (Å²) in [5.41, 5.74) is -2.27. The summed E-state index contributed by atoms with van der Waals surface area (Å²) in [5, 5.41) is 3.56. The van der Waals surface area contributed by atoms with E-state index < -0.39 is 28.9 Å². The fraction of sp³-hybridized carbons (Fsp3) is 0.200. The lowest BCUT2D eigenvalue weighted by atomic mass is 10.1. The van der Waals surface area contributed by atoms with Gasteiger partial charge < -0.3 is 5.32 Å². The second kappa shape index (κ2) is 4.95. The first-order chi connectivity index (χ1) is 7.82. The van der Waals surface area contributed by atoms with Crippen molar-refractivity contribution in [3.05, 3.63) is 40.3 Å². The monoisotopic (exact) mass is 269 g/mol. The molecule has 0 heterocycles. The number of nitrogens with one attached hydrogen (secondary N) is 1. The fourth-order valence-corrected chi connectivity index (χ4v) is 1.56. The Kier molecular flexibility index (Phi) is 4.03. The predicted octanol–water partition coefficient (Wildman–Crippen LogP) is 3.43. The van der Waals surface area contributed by atoms with Crippen molar-refractivity contribution < 1.29 is 22.0 Å². The van der Waals surface area contributed by atoms with Gasteiger partial charge in [-0.1, -0.05) is 0 Å². The van der Waals surface area contributed by atoms with Crippen LogP contribution in [0.1, 0.15) is 11.1 Å². The lowest BCUT2D eigenvalue weighted by molar-refractivity contribution is -0.142. The Morgan fingerprint density at radius 1 is 1.29 bits per heavy atom. The molecule has 0 aliphatic carbocycles. The van der Waals surface area contributed by atoms with E-state index in [2.05, 4.69) is 17.9 Å². The summed E-state index contributed by atoms with van der Waals surface area (Å²) < 4.78 is 63.8. The summed E-state index contributed by atoms with van der Waals surface area (Å²) in [4.78, 5) is 0. The van der Waals surface area contributed by atoms with Crippen molar-refractivity contribution in [2.45, 2.75) is 6.18 Å². The molecule has 0 aliphatic heterocycles. The molecule has 0 saturated heterocycles. The van der Waals surface area contributed by atoms with Crippen LogP contribution in [0, 0.1) is 11.6 Å². The van der Waals surface area contributed by atoms with Crippen molar-refractivity contribution in [3.63, 3.8) is 0 Å². The molecule has 0 fully saturated rings. The fourth-order valence-electron chi connectivity index (χ4n) is 1.29. The van der Waals surface area contributed by atoms with E-state index in [0.717, 1.165) is 11.5 Å². The third kappa shape index (κ3) is 2.71. The number of hydrogen-bond donors (Lipinski definition) is 2. The maximum absolute atomic E-state index is 13.6. The topological polar surface area (TPSA) is 12.0 Å². The lowest BCUT2D eigenvalue weighted by Gasteiger charge is -2.13. The number of thiol groups is 1. The molecule has 0 bridgehead atoms. The molecule has 0 radical (unpaired) electrons. The second-order valence-corrected chi connectivity index (χ2v) is 3.33. The number of rotatable bonds is 2. The van der Waals surface area contributed by atoms with Crippen LogP contribution in [-0.2, 0) is 6.18 Å². The Bertz CT molecular complexity index is 453. The summed E-state index contributed by atoms with van der Waals surface area (Å²) in [6, 6.07) is 1.48. The van der Waals surface area contributed by atoms with Crippen LogP contribution < -0.4 is 5.32 Å². The van der Waals surface area contributed by atoms with Gasteiger partial charge in [-0.25, -0.2) is 8.78 Å². The van der Waals surface area contributed by atoms with E-state index in [4.69, 9.17) is 0 Å². The van der Waals surface area contributed by atoms with Crippen molar-refractivity contribution >= 4 is 18.3 Å². The summed E-state index contributed by atoms with van der Waals surface area (Å²) in [6.07, 6.45) is -5.08. The van der Waals surface area contributed by atoms with E-state index in [1.165, 1.54) is 7.05 Å². The van der Waals surface area contributed by atoms with E-state index in [-0.39, 0.29) is 5.70 Å². The van der Waals surface area contributed by atoms with Crippen LogP contribution in [0.25, 0.3) is 5.70 Å². The third-order valence-corrected chi connectivity index (χ3v) is 2.32. The quantitative estimate of drug-likeness (QED) is 0.619. The molecular formula is C10H8F5NS. The van der Waals surface area contributed by atoms with Crippen LogP contribution in [0.5, 0.6) is 0 Å². The summed E-state index contributed by atoms with van der Waals surface area (Å²) in [7, 11) is 1.39. The summed E-state index contributed by atoms with van der Waals surface area (Å²) in [5.74, 6) is -3.31. The highest BCUT2D eigenvalue weighted by atomic mass is 32.1. The number of benzene rings is 1. The van der Waals surface area contributed by atoms with Gasteiger partial charge in [-0.15, -0.1) is 12.6 Å². The standard InChI is InChI=1S/C10H8F5NS/c1-16-7(4-17)5-2-3-6(11)8(9(5)12)10(13,14)15/h2-4,16-17H,1H3/b7-4-. The minimum Gasteiger partial charge on any atom is -0.387 e. The van der Waals surface area contributed by atoms with Crippen molar-refractivity contribution in [2.75, 3.05) is 7.05 Å². The molecule has 94 valence electrons. The van der Waals surface area contributed by atoms with E-state index in [1.54, 1.807) is 0 Å². The smallest absolute Gasteiger partial charge is 0.387 e. The third-order valence-electron chi connectivity index (χ3n) is 2.06. The molecule has 1 N–H and O–H groups in total. The van der Waals surface area contributed by atoms with Gasteiger partial charge in [-0.3, -0.25) is 0 Å². The van der Waals surface area contributed by atoms with Crippen molar-refractivity contribution in [3.8, 4) is 0 Å². The van der Waals surface area contributed by atoms with Gasteiger partial charge in [0.15, 0.2) is 0 Å². The average molecular weight is 269 g/mol. The minimum atomic E-state index is -5.08. The lowest BCUT2D eigenvalue weighted by Crippen LogP contribution is -2.15. The van der Waals surface area contributed by atoms with Crippen molar-refractivity contribution in [2.24, 2.45) is 0 Å². The van der Waals surface area contributed by atoms with Crippen LogP contribution in [0.4, 0.5) is 22.0 Å². The number of alkyl halides is 3. The first-order valence-corrected chi connectivity index (χ1v) is 4.92. The highest BCUT2D eigenvalue weighted by molar-refractivity contribution is 7.83. The highest BCUT2D eigenvalue weighted by Gasteiger charge is 2.38. The number of hydrogen-bond acceptors (Lipinski definition) is 2. The second-order valence-electron chi connectivity index (χ2n) is 3.07. The van der Waals surface area contributed by atoms with E-state index in [1.807, 2.05) is 0 Å². The zero-order valence-corrected chi connectivity index (χ0v) is 9.46. The van der Waals surface area contributed by atoms with Gasteiger partial charge in [0.25, 0.3) is 0 Å². The predicted molar refractivity (Wildman–Crippen MR) is 57.4 cm³/mol. The molecular weight excluding hydrogens is 261 g/mol. The van der Waals surface area contributed by atoms with Gasteiger partial charge in [0.1, 0.15) is 17.2 Å². The first-order valence-electron chi connectivity index (χ1n) is 4.40. The SMILES string of the molecule is CN/C(=C\S)c1ccc(F)c(C(F)(F)F)c1F. The number of halogens is 5. The van der Waals surface area contributed by atoms with Gasteiger partial charge in [-0.2, -0.15) is 13.2 Å². The molecule has 0 atom stereocenters. The largest absolute Gasteiger partial charge is 0.422 e. The molecule has 0 aromatic heterocycles. The van der Waals surface area contributed by atoms with E-state index in [9.17, 15) is 22.0 Å². The first kappa shape index (κ1) is 13.8. The van der Waals surface area contributed by atoms with Gasteiger partial charge in [0.2, 0.25) is 0 Å². The van der Waals surface area contributed by atoms with Gasteiger partial charge in [-0.05, 0) is 17.5 Å². The maximum Gasteiger partial charge on any atom is 0.422 e. The molecule has 1 aromatic rings. The molecule has 0 amide bonds. The minimum absolute atomic E-state index is 0.0244. The Labute approximate surface area is 99.7 Å². The summed E-state index contributed by atoms with van der Waals surface area (Å²) >= 11 is 3.72. The van der Waals surface area contributed by atoms with Gasteiger partial charge >= 0.3 is 6.18 Å². The van der Waals surface area contributed by atoms with Crippen LogP contribution in [0.3, 0.4) is 0 Å². The molecule has 1 aromatic carbocycles. The normalized spacial score (nSPS) is 12.8. The average Bonchev–Trinajstić information content (AvgIpc) is 2.21. The van der Waals surface area contributed by atoms with Gasteiger partial charge in [0, 0.05) is 12.6 Å². The molecule has 7 heteroatoms.